The van der Waals surface area contributed by atoms with E-state index in [0.717, 1.165) is 38.9 Å². The van der Waals surface area contributed by atoms with Gasteiger partial charge in [0.2, 0.25) is 5.91 Å². The molecule has 0 radical (unpaired) electrons. The highest BCUT2D eigenvalue weighted by Gasteiger charge is 2.29. The Hall–Kier alpha value is -0.570. The summed E-state index contributed by atoms with van der Waals surface area (Å²) >= 11 is 0. The SMILES string of the molecule is CCCCCCC(=O)N1CCC(NCCC)C(CC)C1. The second kappa shape index (κ2) is 10.2. The lowest BCUT2D eigenvalue weighted by atomic mass is 9.89. The first-order valence-electron chi connectivity index (χ1n) is 8.74. The topological polar surface area (TPSA) is 32.3 Å². The summed E-state index contributed by atoms with van der Waals surface area (Å²) in [7, 11) is 0. The standard InChI is InChI=1S/C17H34N2O/c1-4-7-8-9-10-17(20)19-13-11-16(18-12-5-2)15(6-3)14-19/h15-16,18H,4-14H2,1-3H3. The molecule has 1 amide bonds. The van der Waals surface area contributed by atoms with Gasteiger partial charge in [-0.2, -0.15) is 0 Å². The van der Waals surface area contributed by atoms with Gasteiger partial charge < -0.3 is 10.2 Å². The van der Waals surface area contributed by atoms with E-state index in [1.165, 1.54) is 32.1 Å². The van der Waals surface area contributed by atoms with Gasteiger partial charge in [-0.15, -0.1) is 0 Å². The molecule has 3 heteroatoms. The summed E-state index contributed by atoms with van der Waals surface area (Å²) in [6.45, 7) is 9.69. The smallest absolute Gasteiger partial charge is 0.222 e. The Morgan fingerprint density at radius 3 is 2.60 bits per heavy atom. The molecule has 1 heterocycles. The molecule has 0 aromatic heterocycles. The summed E-state index contributed by atoms with van der Waals surface area (Å²) in [5, 5.41) is 3.65. The van der Waals surface area contributed by atoms with Gasteiger partial charge in [0.05, 0.1) is 0 Å². The number of unbranched alkanes of at least 4 members (excludes halogenated alkanes) is 3. The molecule has 0 aromatic rings. The zero-order valence-electron chi connectivity index (χ0n) is 13.8. The molecule has 0 bridgehead atoms. The van der Waals surface area contributed by atoms with Crippen molar-refractivity contribution in [2.75, 3.05) is 19.6 Å². The van der Waals surface area contributed by atoms with Crippen LogP contribution in [0.15, 0.2) is 0 Å². The molecule has 1 saturated heterocycles. The summed E-state index contributed by atoms with van der Waals surface area (Å²) in [6, 6.07) is 0.615. The lowest BCUT2D eigenvalue weighted by molar-refractivity contribution is -0.133. The molecule has 3 nitrogen and oxygen atoms in total. The Balaban J connectivity index is 2.33. The van der Waals surface area contributed by atoms with Crippen LogP contribution >= 0.6 is 0 Å². The summed E-state index contributed by atoms with van der Waals surface area (Å²) in [5.41, 5.74) is 0. The zero-order chi connectivity index (χ0) is 14.8. The predicted molar refractivity (Wildman–Crippen MR) is 85.8 cm³/mol. The third-order valence-corrected chi connectivity index (χ3v) is 4.51. The van der Waals surface area contributed by atoms with Gasteiger partial charge in [0.25, 0.3) is 0 Å². The summed E-state index contributed by atoms with van der Waals surface area (Å²) in [6.07, 6.45) is 9.00. The van der Waals surface area contributed by atoms with E-state index in [2.05, 4.69) is 31.0 Å². The van der Waals surface area contributed by atoms with Crippen LogP contribution in [-0.2, 0) is 4.79 Å². The molecule has 2 unspecified atom stereocenters. The molecule has 1 N–H and O–H groups in total. The Morgan fingerprint density at radius 1 is 1.15 bits per heavy atom. The van der Waals surface area contributed by atoms with Crippen LogP contribution in [0.2, 0.25) is 0 Å². The highest BCUT2D eigenvalue weighted by atomic mass is 16.2. The van der Waals surface area contributed by atoms with Gasteiger partial charge >= 0.3 is 0 Å². The van der Waals surface area contributed by atoms with Crippen molar-refractivity contribution in [2.24, 2.45) is 5.92 Å². The largest absolute Gasteiger partial charge is 0.342 e. The van der Waals surface area contributed by atoms with Crippen molar-refractivity contribution in [3.8, 4) is 0 Å². The number of hydrogen-bond donors (Lipinski definition) is 1. The maximum absolute atomic E-state index is 12.2. The lowest BCUT2D eigenvalue weighted by Crippen LogP contribution is -2.51. The average Bonchev–Trinajstić information content (AvgIpc) is 2.49. The fourth-order valence-corrected chi connectivity index (χ4v) is 3.13. The lowest BCUT2D eigenvalue weighted by Gasteiger charge is -2.39. The van der Waals surface area contributed by atoms with Crippen molar-refractivity contribution in [3.63, 3.8) is 0 Å². The first-order chi connectivity index (χ1) is 9.72. The normalized spacial score (nSPS) is 23.1. The Bertz CT molecular complexity index is 268. The minimum Gasteiger partial charge on any atom is -0.342 e. The zero-order valence-corrected chi connectivity index (χ0v) is 13.8. The molecule has 1 rings (SSSR count). The minimum atomic E-state index is 0.383. The van der Waals surface area contributed by atoms with Gasteiger partial charge in [-0.1, -0.05) is 46.5 Å². The van der Waals surface area contributed by atoms with Crippen LogP contribution in [0.25, 0.3) is 0 Å². The van der Waals surface area contributed by atoms with Gasteiger partial charge in [0.1, 0.15) is 0 Å². The molecule has 118 valence electrons. The van der Waals surface area contributed by atoms with E-state index < -0.39 is 0 Å². The maximum atomic E-state index is 12.2. The van der Waals surface area contributed by atoms with E-state index in [1.807, 2.05) is 0 Å². The van der Waals surface area contributed by atoms with Crippen LogP contribution in [-0.4, -0.2) is 36.5 Å². The van der Waals surface area contributed by atoms with Gasteiger partial charge in [-0.3, -0.25) is 4.79 Å². The molecule has 0 spiro atoms. The van der Waals surface area contributed by atoms with Crippen LogP contribution in [0.1, 0.15) is 72.1 Å². The number of amides is 1. The van der Waals surface area contributed by atoms with E-state index in [0.29, 0.717) is 17.9 Å². The number of carbonyl (C=O) groups excluding carboxylic acids is 1. The van der Waals surface area contributed by atoms with Gasteiger partial charge in [0, 0.05) is 25.6 Å². The third-order valence-electron chi connectivity index (χ3n) is 4.51. The average molecular weight is 282 g/mol. The van der Waals surface area contributed by atoms with E-state index in [4.69, 9.17) is 0 Å². The van der Waals surface area contributed by atoms with Gasteiger partial charge in [0.15, 0.2) is 0 Å². The van der Waals surface area contributed by atoms with Crippen LogP contribution in [0.4, 0.5) is 0 Å². The van der Waals surface area contributed by atoms with Crippen LogP contribution in [0, 0.1) is 5.92 Å². The number of rotatable bonds is 9. The second-order valence-electron chi connectivity index (χ2n) is 6.17. The molecular formula is C17H34N2O. The number of hydrogen-bond acceptors (Lipinski definition) is 2. The number of piperidine rings is 1. The molecule has 0 saturated carbocycles. The summed E-state index contributed by atoms with van der Waals surface area (Å²) in [5.74, 6) is 1.02. The Kier molecular flexibility index (Phi) is 8.92. The van der Waals surface area contributed by atoms with Crippen molar-refractivity contribution >= 4 is 5.91 Å². The monoisotopic (exact) mass is 282 g/mol. The maximum Gasteiger partial charge on any atom is 0.222 e. The van der Waals surface area contributed by atoms with Crippen LogP contribution < -0.4 is 5.32 Å². The number of carbonyl (C=O) groups is 1. The van der Waals surface area contributed by atoms with E-state index in [-0.39, 0.29) is 0 Å². The summed E-state index contributed by atoms with van der Waals surface area (Å²) in [4.78, 5) is 14.4. The Morgan fingerprint density at radius 2 is 1.95 bits per heavy atom. The van der Waals surface area contributed by atoms with E-state index in [9.17, 15) is 4.79 Å². The molecule has 2 atom stereocenters. The Labute approximate surface area is 125 Å². The molecular weight excluding hydrogens is 248 g/mol. The molecule has 20 heavy (non-hydrogen) atoms. The van der Waals surface area contributed by atoms with Crippen molar-refractivity contribution in [1.29, 1.82) is 0 Å². The number of nitrogens with zero attached hydrogens (tertiary/aromatic N) is 1. The van der Waals surface area contributed by atoms with Crippen LogP contribution in [0.5, 0.6) is 0 Å². The van der Waals surface area contributed by atoms with E-state index in [1.54, 1.807) is 0 Å². The number of likely N-dealkylation sites (tertiary alicyclic amines) is 1. The van der Waals surface area contributed by atoms with E-state index >= 15 is 0 Å². The second-order valence-corrected chi connectivity index (χ2v) is 6.17. The van der Waals surface area contributed by atoms with Crippen molar-refractivity contribution < 1.29 is 4.79 Å². The molecule has 0 aliphatic carbocycles. The predicted octanol–water partition coefficient (Wildman–Crippen LogP) is 3.58. The molecule has 1 fully saturated rings. The molecule has 0 aromatic carbocycles. The third kappa shape index (κ3) is 5.82. The quantitative estimate of drug-likeness (QED) is 0.656. The number of nitrogens with one attached hydrogen (secondary N) is 1. The fourth-order valence-electron chi connectivity index (χ4n) is 3.13. The van der Waals surface area contributed by atoms with Crippen molar-refractivity contribution in [3.05, 3.63) is 0 Å². The van der Waals surface area contributed by atoms with Crippen molar-refractivity contribution in [1.82, 2.24) is 10.2 Å². The minimum absolute atomic E-state index is 0.383. The molecule has 1 aliphatic rings. The van der Waals surface area contributed by atoms with Gasteiger partial charge in [-0.25, -0.2) is 0 Å². The highest BCUT2D eigenvalue weighted by molar-refractivity contribution is 5.76. The molecule has 1 aliphatic heterocycles. The van der Waals surface area contributed by atoms with Crippen molar-refractivity contribution in [2.45, 2.75) is 78.2 Å². The highest BCUT2D eigenvalue weighted by Crippen LogP contribution is 2.21. The summed E-state index contributed by atoms with van der Waals surface area (Å²) < 4.78 is 0. The first kappa shape index (κ1) is 17.5. The van der Waals surface area contributed by atoms with Gasteiger partial charge in [-0.05, 0) is 31.7 Å². The fraction of sp³-hybridized carbons (Fsp3) is 0.941. The van der Waals surface area contributed by atoms with Crippen LogP contribution in [0.3, 0.4) is 0 Å². The first-order valence-corrected chi connectivity index (χ1v) is 8.74.